The molecular weight excluding hydrogens is 174 g/mol. The minimum Gasteiger partial charge on any atom is -0.292 e. The van der Waals surface area contributed by atoms with Crippen molar-refractivity contribution in [3.05, 3.63) is 34.9 Å². The minimum absolute atomic E-state index is 0.229. The van der Waals surface area contributed by atoms with E-state index in [-0.39, 0.29) is 6.61 Å². The Hall–Kier alpha value is -1.01. The highest BCUT2D eigenvalue weighted by Gasteiger charge is 1.87. The molecule has 0 atom stereocenters. The van der Waals surface area contributed by atoms with Gasteiger partial charge in [-0.05, 0) is 18.2 Å². The molecule has 62 valence electrons. The van der Waals surface area contributed by atoms with E-state index in [9.17, 15) is 0 Å². The van der Waals surface area contributed by atoms with Gasteiger partial charge in [0.1, 0.15) is 6.61 Å². The number of rotatable bonds is 1. The van der Waals surface area contributed by atoms with Crippen molar-refractivity contribution in [2.75, 3.05) is 6.61 Å². The molecular formula is C9H8ClNO. The topological polar surface area (TPSA) is 35.2 Å². The fraction of sp³-hybridized carbons (Fsp3) is 0.111. The highest BCUT2D eigenvalue weighted by atomic mass is 35.5. The Morgan fingerprint density at radius 1 is 1.50 bits per heavy atom. The molecule has 0 aliphatic rings. The molecule has 0 spiro atoms. The van der Waals surface area contributed by atoms with Gasteiger partial charge in [0.05, 0.1) is 0 Å². The number of hydrogen-bond donors (Lipinski definition) is 1. The Morgan fingerprint density at radius 2 is 2.33 bits per heavy atom. The zero-order chi connectivity index (χ0) is 8.81. The molecule has 0 heterocycles. The lowest BCUT2D eigenvalue weighted by molar-refractivity contribution is 0.173. The molecule has 1 aromatic carbocycles. The predicted octanol–water partition coefficient (Wildman–Crippen LogP) is 1.58. The molecule has 0 unspecified atom stereocenters. The van der Waals surface area contributed by atoms with Gasteiger partial charge in [0.2, 0.25) is 0 Å². The minimum atomic E-state index is 0.229. The molecule has 0 bridgehead atoms. The lowest BCUT2D eigenvalue weighted by Crippen LogP contribution is -1.97. The van der Waals surface area contributed by atoms with Gasteiger partial charge in [0.25, 0.3) is 0 Å². The molecule has 0 saturated heterocycles. The molecule has 3 heteroatoms. The summed E-state index contributed by atoms with van der Waals surface area (Å²) in [5.41, 5.74) is 0.861. The summed E-state index contributed by atoms with van der Waals surface area (Å²) in [5, 5.41) is 0.676. The van der Waals surface area contributed by atoms with Crippen molar-refractivity contribution < 1.29 is 4.84 Å². The van der Waals surface area contributed by atoms with Crippen molar-refractivity contribution in [2.45, 2.75) is 0 Å². The Morgan fingerprint density at radius 3 is 3.00 bits per heavy atom. The van der Waals surface area contributed by atoms with Crippen LogP contribution in [0.1, 0.15) is 5.56 Å². The number of nitrogens with two attached hydrogens (primary N) is 1. The highest BCUT2D eigenvalue weighted by Crippen LogP contribution is 2.08. The average Bonchev–Trinajstić information content (AvgIpc) is 2.05. The van der Waals surface area contributed by atoms with Crippen molar-refractivity contribution >= 4 is 11.6 Å². The summed E-state index contributed by atoms with van der Waals surface area (Å²) >= 11 is 5.73. The van der Waals surface area contributed by atoms with Crippen LogP contribution in [-0.4, -0.2) is 6.61 Å². The molecule has 0 aliphatic heterocycles. The molecule has 2 nitrogen and oxygen atoms in total. The van der Waals surface area contributed by atoms with Crippen LogP contribution < -0.4 is 5.90 Å². The van der Waals surface area contributed by atoms with Crippen LogP contribution in [0.2, 0.25) is 5.02 Å². The lowest BCUT2D eigenvalue weighted by Gasteiger charge is -1.90. The normalized spacial score (nSPS) is 8.83. The highest BCUT2D eigenvalue weighted by molar-refractivity contribution is 6.30. The summed E-state index contributed by atoms with van der Waals surface area (Å²) in [7, 11) is 0. The summed E-state index contributed by atoms with van der Waals surface area (Å²) in [6.07, 6.45) is 0. The van der Waals surface area contributed by atoms with Gasteiger partial charge in [0.15, 0.2) is 0 Å². The smallest absolute Gasteiger partial charge is 0.129 e. The molecule has 0 saturated carbocycles. The zero-order valence-corrected chi connectivity index (χ0v) is 7.14. The largest absolute Gasteiger partial charge is 0.292 e. The van der Waals surface area contributed by atoms with Gasteiger partial charge in [-0.25, -0.2) is 5.90 Å². The van der Waals surface area contributed by atoms with Crippen LogP contribution >= 0.6 is 11.6 Å². The van der Waals surface area contributed by atoms with Crippen molar-refractivity contribution in [3.8, 4) is 11.8 Å². The van der Waals surface area contributed by atoms with Crippen molar-refractivity contribution in [1.29, 1.82) is 0 Å². The standard InChI is InChI=1S/C9H8ClNO/c10-9-5-1-3-8(7-9)4-2-6-12-11/h1,3,5,7H,6,11H2. The first kappa shape index (κ1) is 9.08. The van der Waals surface area contributed by atoms with E-state index < -0.39 is 0 Å². The van der Waals surface area contributed by atoms with E-state index in [1.54, 1.807) is 12.1 Å². The predicted molar refractivity (Wildman–Crippen MR) is 48.5 cm³/mol. The van der Waals surface area contributed by atoms with Crippen LogP contribution in [0.4, 0.5) is 0 Å². The first-order chi connectivity index (χ1) is 5.83. The third-order valence-corrected chi connectivity index (χ3v) is 1.45. The molecule has 1 rings (SSSR count). The molecule has 1 aromatic rings. The van der Waals surface area contributed by atoms with Crippen LogP contribution in [0.15, 0.2) is 24.3 Å². The summed E-state index contributed by atoms with van der Waals surface area (Å²) in [6.45, 7) is 0.229. The second-order valence-electron chi connectivity index (χ2n) is 2.12. The van der Waals surface area contributed by atoms with E-state index in [1.165, 1.54) is 0 Å². The van der Waals surface area contributed by atoms with Crippen LogP contribution in [-0.2, 0) is 4.84 Å². The van der Waals surface area contributed by atoms with Gasteiger partial charge in [-0.15, -0.1) is 0 Å². The number of halogens is 1. The van der Waals surface area contributed by atoms with E-state index in [4.69, 9.17) is 17.5 Å². The maximum absolute atomic E-state index is 5.73. The number of hydrogen-bond acceptors (Lipinski definition) is 2. The molecule has 12 heavy (non-hydrogen) atoms. The van der Waals surface area contributed by atoms with Crippen LogP contribution in [0.25, 0.3) is 0 Å². The maximum atomic E-state index is 5.73. The Bertz CT molecular complexity index is 314. The summed E-state index contributed by atoms with van der Waals surface area (Å²) < 4.78 is 0. The van der Waals surface area contributed by atoms with Crippen LogP contribution in [0.5, 0.6) is 0 Å². The third kappa shape index (κ3) is 2.93. The van der Waals surface area contributed by atoms with Crippen molar-refractivity contribution in [1.82, 2.24) is 0 Å². The van der Waals surface area contributed by atoms with Gasteiger partial charge in [0, 0.05) is 10.6 Å². The van der Waals surface area contributed by atoms with E-state index in [0.29, 0.717) is 5.02 Å². The molecule has 0 fully saturated rings. The number of benzene rings is 1. The molecule has 0 radical (unpaired) electrons. The second-order valence-corrected chi connectivity index (χ2v) is 2.56. The first-order valence-electron chi connectivity index (χ1n) is 3.39. The molecule has 0 aliphatic carbocycles. The van der Waals surface area contributed by atoms with Crippen molar-refractivity contribution in [3.63, 3.8) is 0 Å². The lowest BCUT2D eigenvalue weighted by atomic mass is 10.2. The summed E-state index contributed by atoms with van der Waals surface area (Å²) in [6, 6.07) is 7.29. The summed E-state index contributed by atoms with van der Waals surface area (Å²) in [5.74, 6) is 10.4. The monoisotopic (exact) mass is 181 g/mol. The Labute approximate surface area is 76.2 Å². The fourth-order valence-corrected chi connectivity index (χ4v) is 0.936. The third-order valence-electron chi connectivity index (χ3n) is 1.21. The molecule has 0 amide bonds. The first-order valence-corrected chi connectivity index (χ1v) is 3.77. The Balaban J connectivity index is 2.71. The maximum Gasteiger partial charge on any atom is 0.129 e. The second kappa shape index (κ2) is 4.78. The summed E-state index contributed by atoms with van der Waals surface area (Å²) in [4.78, 5) is 4.29. The van der Waals surface area contributed by atoms with Gasteiger partial charge in [-0.1, -0.05) is 29.5 Å². The van der Waals surface area contributed by atoms with Crippen LogP contribution in [0, 0.1) is 11.8 Å². The quantitative estimate of drug-likeness (QED) is 0.528. The molecule has 0 aromatic heterocycles. The fourth-order valence-electron chi connectivity index (χ4n) is 0.746. The Kier molecular flexibility index (Phi) is 3.62. The van der Waals surface area contributed by atoms with Crippen molar-refractivity contribution in [2.24, 2.45) is 5.90 Å². The van der Waals surface area contributed by atoms with E-state index in [1.807, 2.05) is 12.1 Å². The average molecular weight is 182 g/mol. The zero-order valence-electron chi connectivity index (χ0n) is 6.38. The van der Waals surface area contributed by atoms with E-state index in [2.05, 4.69) is 16.7 Å². The SMILES string of the molecule is NOCC#Cc1cccc(Cl)c1. The molecule has 2 N–H and O–H groups in total. The van der Waals surface area contributed by atoms with Crippen LogP contribution in [0.3, 0.4) is 0 Å². The van der Waals surface area contributed by atoms with Gasteiger partial charge >= 0.3 is 0 Å². The van der Waals surface area contributed by atoms with Gasteiger partial charge in [-0.2, -0.15) is 0 Å². The van der Waals surface area contributed by atoms with Gasteiger partial charge in [-0.3, -0.25) is 4.84 Å². The van der Waals surface area contributed by atoms with E-state index in [0.717, 1.165) is 5.56 Å². The van der Waals surface area contributed by atoms with Gasteiger partial charge < -0.3 is 0 Å². The van der Waals surface area contributed by atoms with E-state index >= 15 is 0 Å².